The third-order valence-electron chi connectivity index (χ3n) is 4.85. The summed E-state index contributed by atoms with van der Waals surface area (Å²) < 4.78 is 19.2. The molecule has 2 aliphatic heterocycles. The van der Waals surface area contributed by atoms with Gasteiger partial charge in [-0.05, 0) is 35.7 Å². The van der Waals surface area contributed by atoms with E-state index >= 15 is 0 Å². The second kappa shape index (κ2) is 6.90. The predicted octanol–water partition coefficient (Wildman–Crippen LogP) is 2.18. The van der Waals surface area contributed by atoms with E-state index in [2.05, 4.69) is 9.88 Å². The normalized spacial score (nSPS) is 18.8. The van der Waals surface area contributed by atoms with Gasteiger partial charge in [-0.25, -0.2) is 4.39 Å². The van der Waals surface area contributed by atoms with E-state index in [1.54, 1.807) is 12.3 Å². The minimum atomic E-state index is -0.501. The molecule has 4 rings (SSSR count). The number of pyridine rings is 1. The van der Waals surface area contributed by atoms with E-state index in [0.29, 0.717) is 38.4 Å². The van der Waals surface area contributed by atoms with Gasteiger partial charge in [0, 0.05) is 32.0 Å². The van der Waals surface area contributed by atoms with E-state index in [-0.39, 0.29) is 11.7 Å². The van der Waals surface area contributed by atoms with Crippen LogP contribution in [0.25, 0.3) is 0 Å². The molecule has 2 aliphatic rings. The second-order valence-electron chi connectivity index (χ2n) is 6.35. The summed E-state index contributed by atoms with van der Waals surface area (Å²) >= 11 is 0. The first-order valence-electron chi connectivity index (χ1n) is 8.55. The number of hydrogen-bond donors (Lipinski definition) is 0. The summed E-state index contributed by atoms with van der Waals surface area (Å²) in [6.07, 6.45) is 4.32. The van der Waals surface area contributed by atoms with Crippen molar-refractivity contribution in [1.82, 2.24) is 9.88 Å². The number of hydrogen-bond acceptors (Lipinski definition) is 4. The topological polar surface area (TPSA) is 45.7 Å². The number of halogens is 1. The van der Waals surface area contributed by atoms with Crippen molar-refractivity contribution in [2.24, 2.45) is 0 Å². The van der Waals surface area contributed by atoms with E-state index < -0.39 is 6.04 Å². The zero-order valence-corrected chi connectivity index (χ0v) is 13.9. The Morgan fingerprint density at radius 3 is 2.84 bits per heavy atom. The quantitative estimate of drug-likeness (QED) is 0.858. The minimum absolute atomic E-state index is 0.0162. The Morgan fingerprint density at radius 2 is 2.04 bits per heavy atom. The van der Waals surface area contributed by atoms with Crippen LogP contribution in [0.1, 0.15) is 17.2 Å². The molecule has 1 fully saturated rings. The van der Waals surface area contributed by atoms with Gasteiger partial charge in [-0.3, -0.25) is 14.7 Å². The number of anilines is 1. The van der Waals surface area contributed by atoms with Crippen molar-refractivity contribution in [3.63, 3.8) is 0 Å². The summed E-state index contributed by atoms with van der Waals surface area (Å²) in [5.41, 5.74) is 2.68. The van der Waals surface area contributed by atoms with Crippen molar-refractivity contribution < 1.29 is 13.9 Å². The molecule has 5 nitrogen and oxygen atoms in total. The number of fused-ring (bicyclic) bond motifs is 1. The smallest absolute Gasteiger partial charge is 0.248 e. The first-order chi connectivity index (χ1) is 12.2. The lowest BCUT2D eigenvalue weighted by Gasteiger charge is -2.36. The molecule has 1 amide bonds. The molecule has 0 saturated carbocycles. The maximum atomic E-state index is 13.8. The maximum absolute atomic E-state index is 13.8. The van der Waals surface area contributed by atoms with Crippen molar-refractivity contribution in [3.05, 3.63) is 59.7 Å². The van der Waals surface area contributed by atoms with Gasteiger partial charge in [0.15, 0.2) is 0 Å². The molecule has 0 radical (unpaired) electrons. The van der Waals surface area contributed by atoms with E-state index in [9.17, 15) is 9.18 Å². The lowest BCUT2D eigenvalue weighted by molar-refractivity contribution is -0.125. The molecule has 2 aromatic rings. The first kappa shape index (κ1) is 16.2. The van der Waals surface area contributed by atoms with Crippen LogP contribution < -0.4 is 4.90 Å². The Morgan fingerprint density at radius 1 is 1.20 bits per heavy atom. The van der Waals surface area contributed by atoms with Gasteiger partial charge < -0.3 is 9.64 Å². The molecule has 0 aliphatic carbocycles. The molecule has 6 heteroatoms. The molecular formula is C19H20FN3O2. The lowest BCUT2D eigenvalue weighted by atomic mass is 10.0. The summed E-state index contributed by atoms with van der Waals surface area (Å²) in [7, 11) is 0. The fourth-order valence-electron chi connectivity index (χ4n) is 3.63. The van der Waals surface area contributed by atoms with Gasteiger partial charge in [0.2, 0.25) is 5.91 Å². The number of ether oxygens (including phenoxy) is 1. The van der Waals surface area contributed by atoms with Crippen LogP contribution in [0, 0.1) is 5.82 Å². The largest absolute Gasteiger partial charge is 0.379 e. The highest BCUT2D eigenvalue weighted by Gasteiger charge is 2.35. The van der Waals surface area contributed by atoms with E-state index in [1.165, 1.54) is 12.1 Å². The van der Waals surface area contributed by atoms with Crippen LogP contribution >= 0.6 is 0 Å². The first-order valence-corrected chi connectivity index (χ1v) is 8.55. The van der Waals surface area contributed by atoms with Gasteiger partial charge in [-0.2, -0.15) is 0 Å². The third-order valence-corrected chi connectivity index (χ3v) is 4.85. The second-order valence-corrected chi connectivity index (χ2v) is 6.35. The number of amides is 1. The molecule has 25 heavy (non-hydrogen) atoms. The zero-order chi connectivity index (χ0) is 17.2. The number of nitrogens with zero attached hydrogens (tertiary/aromatic N) is 3. The summed E-state index contributed by atoms with van der Waals surface area (Å²) in [5, 5.41) is 0. The van der Waals surface area contributed by atoms with E-state index in [0.717, 1.165) is 17.7 Å². The molecule has 1 saturated heterocycles. The molecule has 130 valence electrons. The standard InChI is InChI=1S/C19H20FN3O2/c20-16-3-1-2-14(12-16)18(22-8-10-25-11-9-22)19(24)23-7-5-15-13-21-6-4-17(15)23/h1-4,6,12-13,18H,5,7-11H2/t18-/m0/s1. The van der Waals surface area contributed by atoms with Gasteiger partial charge in [0.05, 0.1) is 18.9 Å². The van der Waals surface area contributed by atoms with Crippen molar-refractivity contribution in [3.8, 4) is 0 Å². The Kier molecular flexibility index (Phi) is 4.46. The van der Waals surface area contributed by atoms with Crippen LogP contribution in [0.4, 0.5) is 10.1 Å². The van der Waals surface area contributed by atoms with Crippen LogP contribution in [-0.4, -0.2) is 48.6 Å². The van der Waals surface area contributed by atoms with Crippen LogP contribution in [0.2, 0.25) is 0 Å². The van der Waals surface area contributed by atoms with Crippen LogP contribution in [0.3, 0.4) is 0 Å². The highest BCUT2D eigenvalue weighted by atomic mass is 19.1. The van der Waals surface area contributed by atoms with Crippen LogP contribution in [0.15, 0.2) is 42.7 Å². The molecule has 0 unspecified atom stereocenters. The lowest BCUT2D eigenvalue weighted by Crippen LogP contribution is -2.47. The van der Waals surface area contributed by atoms with Crippen molar-refractivity contribution in [2.45, 2.75) is 12.5 Å². The number of benzene rings is 1. The fraction of sp³-hybridized carbons (Fsp3) is 0.368. The molecule has 0 N–H and O–H groups in total. The number of rotatable bonds is 3. The van der Waals surface area contributed by atoms with Gasteiger partial charge >= 0.3 is 0 Å². The maximum Gasteiger partial charge on any atom is 0.248 e. The summed E-state index contributed by atoms with van der Waals surface area (Å²) in [4.78, 5) is 21.5. The molecule has 0 bridgehead atoms. The number of aromatic nitrogens is 1. The molecule has 3 heterocycles. The van der Waals surface area contributed by atoms with Gasteiger partial charge in [0.25, 0.3) is 0 Å². The SMILES string of the molecule is O=C([C@H](c1cccc(F)c1)N1CCOCC1)N1CCc2cnccc21. The van der Waals surface area contributed by atoms with Crippen LogP contribution in [0.5, 0.6) is 0 Å². The van der Waals surface area contributed by atoms with E-state index in [1.807, 2.05) is 23.2 Å². The molecule has 1 aromatic heterocycles. The highest BCUT2D eigenvalue weighted by molar-refractivity contribution is 5.99. The van der Waals surface area contributed by atoms with E-state index in [4.69, 9.17) is 4.74 Å². The average molecular weight is 341 g/mol. The monoisotopic (exact) mass is 341 g/mol. The number of carbonyl (C=O) groups is 1. The third kappa shape index (κ3) is 3.15. The van der Waals surface area contributed by atoms with Gasteiger partial charge in [-0.1, -0.05) is 12.1 Å². The van der Waals surface area contributed by atoms with Gasteiger partial charge in [-0.15, -0.1) is 0 Å². The zero-order valence-electron chi connectivity index (χ0n) is 13.9. The Balaban J connectivity index is 1.69. The summed E-state index contributed by atoms with van der Waals surface area (Å²) in [6, 6.07) is 7.72. The number of carbonyl (C=O) groups excluding carboxylic acids is 1. The Bertz CT molecular complexity index is 777. The van der Waals surface area contributed by atoms with Crippen molar-refractivity contribution >= 4 is 11.6 Å². The molecule has 1 atom stereocenters. The molecular weight excluding hydrogens is 321 g/mol. The Labute approximate surface area is 146 Å². The fourth-order valence-corrected chi connectivity index (χ4v) is 3.63. The summed E-state index contributed by atoms with van der Waals surface area (Å²) in [5.74, 6) is -0.341. The summed E-state index contributed by atoms with van der Waals surface area (Å²) in [6.45, 7) is 3.11. The van der Waals surface area contributed by atoms with Gasteiger partial charge in [0.1, 0.15) is 11.9 Å². The molecule has 1 aromatic carbocycles. The van der Waals surface area contributed by atoms with Crippen LogP contribution in [-0.2, 0) is 16.0 Å². The minimum Gasteiger partial charge on any atom is -0.379 e. The highest BCUT2D eigenvalue weighted by Crippen LogP contribution is 2.32. The average Bonchev–Trinajstić information content (AvgIpc) is 3.07. The number of morpholine rings is 1. The van der Waals surface area contributed by atoms with Crippen molar-refractivity contribution in [1.29, 1.82) is 0 Å². The predicted molar refractivity (Wildman–Crippen MR) is 91.8 cm³/mol. The molecule has 0 spiro atoms. The Hall–Kier alpha value is -2.31. The van der Waals surface area contributed by atoms with Crippen molar-refractivity contribution in [2.75, 3.05) is 37.7 Å².